The lowest BCUT2D eigenvalue weighted by molar-refractivity contribution is 0.393. The normalized spacial score (nSPS) is 17.7. The first-order valence-electron chi connectivity index (χ1n) is 10.6. The van der Waals surface area contributed by atoms with Crippen LogP contribution in [0, 0.1) is 5.92 Å². The Balaban J connectivity index is 1.65. The largest absolute Gasteiger partial charge is 0.331 e. The van der Waals surface area contributed by atoms with Crippen molar-refractivity contribution < 1.29 is 12.8 Å². The summed E-state index contributed by atoms with van der Waals surface area (Å²) in [6.07, 6.45) is 6.20. The molecule has 2 heterocycles. The van der Waals surface area contributed by atoms with Gasteiger partial charge < -0.3 is 0 Å². The molecule has 2 saturated carbocycles. The van der Waals surface area contributed by atoms with Gasteiger partial charge in [0, 0.05) is 25.4 Å². The van der Waals surface area contributed by atoms with Crippen LogP contribution in [0.2, 0.25) is 0 Å². The number of alkyl halides is 1. The molecule has 2 aliphatic rings. The Morgan fingerprint density at radius 1 is 1.22 bits per heavy atom. The van der Waals surface area contributed by atoms with Gasteiger partial charge in [-0.15, -0.1) is 0 Å². The second-order valence-corrected chi connectivity index (χ2v) is 10.6. The molecule has 2 fully saturated rings. The quantitative estimate of drug-likeness (QED) is 0.541. The van der Waals surface area contributed by atoms with E-state index in [0.717, 1.165) is 17.4 Å². The predicted molar refractivity (Wildman–Crippen MR) is 116 cm³/mol. The third kappa shape index (κ3) is 3.79. The van der Waals surface area contributed by atoms with E-state index in [0.29, 0.717) is 36.4 Å². The molecule has 0 unspecified atom stereocenters. The summed E-state index contributed by atoms with van der Waals surface area (Å²) in [5.74, 6) is 0.365. The minimum absolute atomic E-state index is 0.0340. The van der Waals surface area contributed by atoms with Crippen LogP contribution in [0.1, 0.15) is 31.2 Å². The molecule has 5 rings (SSSR count). The molecule has 1 aromatic carbocycles. The van der Waals surface area contributed by atoms with Gasteiger partial charge >= 0.3 is 5.69 Å². The molecule has 0 amide bonds. The number of hydrogen-bond donors (Lipinski definition) is 1. The molecule has 0 radical (unpaired) electrons. The third-order valence-electron chi connectivity index (χ3n) is 6.20. The van der Waals surface area contributed by atoms with E-state index in [9.17, 15) is 22.4 Å². The minimum Gasteiger partial charge on any atom is -0.293 e. The highest BCUT2D eigenvalue weighted by Gasteiger charge is 2.46. The van der Waals surface area contributed by atoms with Gasteiger partial charge in [-0.3, -0.25) is 18.6 Å². The van der Waals surface area contributed by atoms with Crippen molar-refractivity contribution in [1.29, 1.82) is 0 Å². The summed E-state index contributed by atoms with van der Waals surface area (Å²) >= 11 is 0. The van der Waals surface area contributed by atoms with Crippen LogP contribution in [-0.4, -0.2) is 39.5 Å². The number of nitrogens with one attached hydrogen (secondary N) is 1. The fourth-order valence-electron chi connectivity index (χ4n) is 3.94. The number of aryl methyl sites for hydroxylation is 1. The molecule has 2 aliphatic carbocycles. The van der Waals surface area contributed by atoms with Gasteiger partial charge in [-0.25, -0.2) is 22.3 Å². The van der Waals surface area contributed by atoms with Crippen molar-refractivity contribution in [3.05, 3.63) is 57.0 Å². The summed E-state index contributed by atoms with van der Waals surface area (Å²) in [5, 5.41) is 4.22. The first-order valence-corrected chi connectivity index (χ1v) is 12.0. The monoisotopic (exact) mass is 461 g/mol. The van der Waals surface area contributed by atoms with Crippen LogP contribution in [0.5, 0.6) is 0 Å². The first kappa shape index (κ1) is 21.1. The summed E-state index contributed by atoms with van der Waals surface area (Å²) in [6, 6.07) is 4.15. The molecular weight excluding hydrogens is 437 g/mol. The lowest BCUT2D eigenvalue weighted by Gasteiger charge is -2.16. The van der Waals surface area contributed by atoms with Crippen molar-refractivity contribution in [2.45, 2.75) is 49.2 Å². The summed E-state index contributed by atoms with van der Waals surface area (Å²) in [5.41, 5.74) is -0.946. The zero-order valence-electron chi connectivity index (χ0n) is 17.6. The van der Waals surface area contributed by atoms with Gasteiger partial charge in [-0.05, 0) is 49.8 Å². The number of halogens is 1. The van der Waals surface area contributed by atoms with E-state index in [2.05, 4.69) is 9.82 Å². The molecule has 0 atom stereocenters. The number of rotatable bonds is 8. The zero-order valence-corrected chi connectivity index (χ0v) is 18.4. The fourth-order valence-corrected chi connectivity index (χ4v) is 5.41. The second kappa shape index (κ2) is 7.38. The van der Waals surface area contributed by atoms with Crippen LogP contribution in [0.3, 0.4) is 0 Å². The SMILES string of the molecule is Cn1cc(Cn2c(=O)c3cc(S(=O)(=O)NC4(CF)CC4)ccc3n(CC3CC3)c2=O)cn1. The maximum Gasteiger partial charge on any atom is 0.331 e. The summed E-state index contributed by atoms with van der Waals surface area (Å²) in [4.78, 5) is 26.4. The molecule has 0 spiro atoms. The van der Waals surface area contributed by atoms with E-state index in [4.69, 9.17) is 0 Å². The minimum atomic E-state index is -4.02. The Labute approximate surface area is 183 Å². The van der Waals surface area contributed by atoms with Crippen LogP contribution < -0.4 is 16.0 Å². The van der Waals surface area contributed by atoms with Crippen LogP contribution in [-0.2, 0) is 30.2 Å². The van der Waals surface area contributed by atoms with Gasteiger partial charge in [-0.1, -0.05) is 0 Å². The van der Waals surface area contributed by atoms with Gasteiger partial charge in [0.2, 0.25) is 10.0 Å². The van der Waals surface area contributed by atoms with Gasteiger partial charge in [0.05, 0.1) is 34.1 Å². The number of nitrogens with zero attached hydrogens (tertiary/aromatic N) is 4. The number of sulfonamides is 1. The van der Waals surface area contributed by atoms with Gasteiger partial charge in [0.1, 0.15) is 6.67 Å². The Hall–Kier alpha value is -2.79. The molecule has 0 aliphatic heterocycles. The Morgan fingerprint density at radius 3 is 2.56 bits per heavy atom. The van der Waals surface area contributed by atoms with E-state index < -0.39 is 33.5 Å². The number of fused-ring (bicyclic) bond motifs is 1. The van der Waals surface area contributed by atoms with E-state index in [-0.39, 0.29) is 16.8 Å². The van der Waals surface area contributed by atoms with Crippen molar-refractivity contribution >= 4 is 20.9 Å². The maximum atomic E-state index is 13.3. The van der Waals surface area contributed by atoms with Crippen LogP contribution >= 0.6 is 0 Å². The topological polar surface area (TPSA) is 108 Å². The highest BCUT2D eigenvalue weighted by atomic mass is 32.2. The predicted octanol–water partition coefficient (Wildman–Crippen LogP) is 1.14. The highest BCUT2D eigenvalue weighted by molar-refractivity contribution is 7.89. The van der Waals surface area contributed by atoms with Gasteiger partial charge in [0.15, 0.2) is 0 Å². The molecule has 2 aromatic heterocycles. The standard InChI is InChI=1S/C21H24FN5O4S/c1-25-10-15(9-23-25)12-27-19(28)17-8-16(32(30,31)24-21(13-22)6-7-21)4-5-18(17)26(20(27)29)11-14-2-3-14/h4-5,8-10,14,24H,2-3,6-7,11-13H2,1H3. The molecule has 9 nitrogen and oxygen atoms in total. The average Bonchev–Trinajstić information content (AvgIpc) is 3.69. The number of aromatic nitrogens is 4. The molecule has 1 N–H and O–H groups in total. The summed E-state index contributed by atoms with van der Waals surface area (Å²) in [6.45, 7) is -0.275. The molecule has 3 aromatic rings. The van der Waals surface area contributed by atoms with Gasteiger partial charge in [0.25, 0.3) is 5.56 Å². The van der Waals surface area contributed by atoms with Crippen molar-refractivity contribution in [3.63, 3.8) is 0 Å². The van der Waals surface area contributed by atoms with Crippen LogP contribution in [0.15, 0.2) is 45.1 Å². The zero-order chi connectivity index (χ0) is 22.7. The molecule has 170 valence electrons. The van der Waals surface area contributed by atoms with Crippen molar-refractivity contribution in [2.75, 3.05) is 6.67 Å². The summed E-state index contributed by atoms with van der Waals surface area (Å²) in [7, 11) is -2.27. The average molecular weight is 462 g/mol. The van der Waals surface area contributed by atoms with E-state index in [1.807, 2.05) is 0 Å². The lowest BCUT2D eigenvalue weighted by atomic mass is 10.2. The molecule has 0 saturated heterocycles. The van der Waals surface area contributed by atoms with Crippen LogP contribution in [0.4, 0.5) is 4.39 Å². The lowest BCUT2D eigenvalue weighted by Crippen LogP contribution is -2.41. The van der Waals surface area contributed by atoms with Gasteiger partial charge in [-0.2, -0.15) is 5.10 Å². The first-order chi connectivity index (χ1) is 15.2. The maximum absolute atomic E-state index is 13.3. The molecule has 11 heteroatoms. The van der Waals surface area contributed by atoms with E-state index >= 15 is 0 Å². The smallest absolute Gasteiger partial charge is 0.293 e. The summed E-state index contributed by atoms with van der Waals surface area (Å²) < 4.78 is 45.7. The third-order valence-corrected chi connectivity index (χ3v) is 7.78. The van der Waals surface area contributed by atoms with Crippen LogP contribution in [0.25, 0.3) is 10.9 Å². The number of benzene rings is 1. The van der Waals surface area contributed by atoms with Crippen molar-refractivity contribution in [2.24, 2.45) is 13.0 Å². The Morgan fingerprint density at radius 2 is 1.97 bits per heavy atom. The molecular formula is C21H24FN5O4S. The second-order valence-electron chi connectivity index (χ2n) is 8.95. The van der Waals surface area contributed by atoms with Crippen molar-refractivity contribution in [1.82, 2.24) is 23.6 Å². The van der Waals surface area contributed by atoms with E-state index in [1.165, 1.54) is 18.2 Å². The molecule has 0 bridgehead atoms. The highest BCUT2D eigenvalue weighted by Crippen LogP contribution is 2.37. The Kier molecular flexibility index (Phi) is 4.86. The van der Waals surface area contributed by atoms with Crippen molar-refractivity contribution in [3.8, 4) is 0 Å². The van der Waals surface area contributed by atoms with E-state index in [1.54, 1.807) is 28.7 Å². The Bertz CT molecular complexity index is 1430. The molecule has 32 heavy (non-hydrogen) atoms. The number of hydrogen-bond acceptors (Lipinski definition) is 5. The fraction of sp³-hybridized carbons (Fsp3) is 0.476.